The maximum Gasteiger partial charge on any atom is 0.207 e. The fourth-order valence-corrected chi connectivity index (χ4v) is 0.462. The third-order valence-electron chi connectivity index (χ3n) is 1.18. The van der Waals surface area contributed by atoms with E-state index in [0.29, 0.717) is 0 Å². The second-order valence-electron chi connectivity index (χ2n) is 1.87. The molecule has 0 heterocycles. The molecule has 0 bridgehead atoms. The van der Waals surface area contributed by atoms with Gasteiger partial charge in [-0.05, 0) is 12.8 Å². The first-order chi connectivity index (χ1) is 4.58. The van der Waals surface area contributed by atoms with Crippen molar-refractivity contribution in [3.05, 3.63) is 12.7 Å². The average molecular weight is 145 g/mol. The molecule has 0 aliphatic carbocycles. The largest absolute Gasteiger partial charge is 0.394 e. The highest BCUT2D eigenvalue weighted by Gasteiger charge is 2.29. The minimum atomic E-state index is -2.16. The first kappa shape index (κ1) is 9.29. The normalized spacial score (nSPS) is 14.3. The molecular weight excluding hydrogens is 134 g/mol. The number of rotatable bonds is 4. The molecule has 0 aromatic heterocycles. The molecule has 0 aliphatic rings. The van der Waals surface area contributed by atoms with Crippen LogP contribution in [0, 0.1) is 0 Å². The molecule has 0 rings (SSSR count). The van der Waals surface area contributed by atoms with Crippen LogP contribution in [0.25, 0.3) is 0 Å². The Morgan fingerprint density at radius 2 is 2.10 bits per heavy atom. The topological polar surface area (TPSA) is 73.0 Å². The molecule has 0 radical (unpaired) electrons. The molecule has 0 saturated heterocycles. The quantitative estimate of drug-likeness (QED) is 0.267. The third kappa shape index (κ3) is 1.91. The van der Waals surface area contributed by atoms with Gasteiger partial charge >= 0.3 is 0 Å². The molecule has 4 heteroatoms. The second kappa shape index (κ2) is 3.46. The minimum Gasteiger partial charge on any atom is -0.394 e. The Morgan fingerprint density at radius 1 is 1.60 bits per heavy atom. The van der Waals surface area contributed by atoms with Gasteiger partial charge in [-0.1, -0.05) is 6.58 Å². The molecule has 0 aliphatic heterocycles. The van der Waals surface area contributed by atoms with Gasteiger partial charge in [-0.3, -0.25) is 4.99 Å². The lowest BCUT2D eigenvalue weighted by Gasteiger charge is -2.22. The van der Waals surface area contributed by atoms with Gasteiger partial charge in [0.05, 0.1) is 6.61 Å². The van der Waals surface area contributed by atoms with E-state index in [-0.39, 0.29) is 0 Å². The summed E-state index contributed by atoms with van der Waals surface area (Å²) in [6, 6.07) is -1.02. The van der Waals surface area contributed by atoms with Crippen LogP contribution in [0.1, 0.15) is 0 Å². The molecule has 0 amide bonds. The first-order valence-corrected chi connectivity index (χ1v) is 2.73. The van der Waals surface area contributed by atoms with Gasteiger partial charge in [-0.25, -0.2) is 0 Å². The highest BCUT2D eigenvalue weighted by Crippen LogP contribution is 2.09. The SMILES string of the molecule is C=CC(O)(O)C(CO)N=C. The summed E-state index contributed by atoms with van der Waals surface area (Å²) in [5.74, 6) is -2.16. The van der Waals surface area contributed by atoms with Crippen molar-refractivity contribution in [2.24, 2.45) is 4.99 Å². The summed E-state index contributed by atoms with van der Waals surface area (Å²) in [4.78, 5) is 3.28. The third-order valence-corrected chi connectivity index (χ3v) is 1.18. The summed E-state index contributed by atoms with van der Waals surface area (Å²) >= 11 is 0. The molecule has 58 valence electrons. The zero-order valence-electron chi connectivity index (χ0n) is 5.56. The second-order valence-corrected chi connectivity index (χ2v) is 1.87. The standard InChI is InChI=1S/C6H11NO3/c1-3-6(9,10)5(4-8)7-2/h3,5,8-10H,1-2,4H2. The number of hydrogen-bond acceptors (Lipinski definition) is 4. The van der Waals surface area contributed by atoms with Gasteiger partial charge < -0.3 is 15.3 Å². The number of aliphatic hydroxyl groups excluding tert-OH is 1. The molecule has 0 fully saturated rings. The molecule has 10 heavy (non-hydrogen) atoms. The minimum absolute atomic E-state index is 0.470. The maximum atomic E-state index is 8.93. The van der Waals surface area contributed by atoms with E-state index in [2.05, 4.69) is 18.3 Å². The van der Waals surface area contributed by atoms with E-state index in [0.717, 1.165) is 6.08 Å². The number of aliphatic hydroxyl groups is 3. The molecule has 1 atom stereocenters. The van der Waals surface area contributed by atoms with Crippen LogP contribution >= 0.6 is 0 Å². The van der Waals surface area contributed by atoms with Crippen LogP contribution in [0.5, 0.6) is 0 Å². The van der Waals surface area contributed by atoms with E-state index in [4.69, 9.17) is 15.3 Å². The maximum absolute atomic E-state index is 8.93. The summed E-state index contributed by atoms with van der Waals surface area (Å²) in [7, 11) is 0. The van der Waals surface area contributed by atoms with Crippen LogP contribution < -0.4 is 0 Å². The van der Waals surface area contributed by atoms with E-state index < -0.39 is 18.4 Å². The Morgan fingerprint density at radius 3 is 2.20 bits per heavy atom. The van der Waals surface area contributed by atoms with Crippen molar-refractivity contribution in [1.82, 2.24) is 0 Å². The molecule has 4 nitrogen and oxygen atoms in total. The first-order valence-electron chi connectivity index (χ1n) is 2.73. The molecule has 0 aromatic rings. The summed E-state index contributed by atoms with van der Waals surface area (Å²) in [6.07, 6.45) is 0.891. The Kier molecular flexibility index (Phi) is 3.21. The lowest BCUT2D eigenvalue weighted by Crippen LogP contribution is -2.41. The highest BCUT2D eigenvalue weighted by molar-refractivity contribution is 5.25. The van der Waals surface area contributed by atoms with Gasteiger partial charge in [0.25, 0.3) is 0 Å². The molecule has 0 aromatic carbocycles. The van der Waals surface area contributed by atoms with Crippen LogP contribution in [0.4, 0.5) is 0 Å². The number of nitrogens with zero attached hydrogens (tertiary/aromatic N) is 1. The lowest BCUT2D eigenvalue weighted by molar-refractivity contribution is -0.141. The lowest BCUT2D eigenvalue weighted by atomic mass is 10.1. The molecular formula is C6H11NO3. The fraction of sp³-hybridized carbons (Fsp3) is 0.500. The van der Waals surface area contributed by atoms with Gasteiger partial charge in [0.15, 0.2) is 0 Å². The van der Waals surface area contributed by atoms with Crippen LogP contribution in [-0.2, 0) is 0 Å². The highest BCUT2D eigenvalue weighted by atomic mass is 16.5. The Bertz CT molecular complexity index is 133. The van der Waals surface area contributed by atoms with E-state index in [9.17, 15) is 0 Å². The van der Waals surface area contributed by atoms with Crippen molar-refractivity contribution in [1.29, 1.82) is 0 Å². The van der Waals surface area contributed by atoms with Crippen LogP contribution in [0.15, 0.2) is 17.6 Å². The molecule has 1 unspecified atom stereocenters. The summed E-state index contributed by atoms with van der Waals surface area (Å²) in [5.41, 5.74) is 0. The smallest absolute Gasteiger partial charge is 0.207 e. The zero-order valence-corrected chi connectivity index (χ0v) is 5.56. The van der Waals surface area contributed by atoms with Gasteiger partial charge in [-0.15, -0.1) is 0 Å². The van der Waals surface area contributed by atoms with Crippen LogP contribution in [-0.4, -0.2) is 40.5 Å². The number of hydrogen-bond donors (Lipinski definition) is 3. The predicted octanol–water partition coefficient (Wildman–Crippen LogP) is -1.09. The monoisotopic (exact) mass is 145 g/mol. The van der Waals surface area contributed by atoms with Crippen molar-refractivity contribution in [2.45, 2.75) is 11.8 Å². The predicted molar refractivity (Wildman–Crippen MR) is 37.8 cm³/mol. The van der Waals surface area contributed by atoms with Crippen molar-refractivity contribution < 1.29 is 15.3 Å². The zero-order chi connectivity index (χ0) is 8.20. The Labute approximate surface area is 59.2 Å². The van der Waals surface area contributed by atoms with Gasteiger partial charge in [0.1, 0.15) is 6.04 Å². The van der Waals surface area contributed by atoms with Gasteiger partial charge in [-0.2, -0.15) is 0 Å². The Hall–Kier alpha value is -0.710. The Balaban J connectivity index is 4.24. The van der Waals surface area contributed by atoms with E-state index in [1.165, 1.54) is 0 Å². The molecule has 3 N–H and O–H groups in total. The van der Waals surface area contributed by atoms with Gasteiger partial charge in [0.2, 0.25) is 5.79 Å². The summed E-state index contributed by atoms with van der Waals surface area (Å²) in [6.45, 7) is 5.75. The average Bonchev–Trinajstić information content (AvgIpc) is 1.90. The van der Waals surface area contributed by atoms with Crippen molar-refractivity contribution in [2.75, 3.05) is 6.61 Å². The molecule has 0 spiro atoms. The summed E-state index contributed by atoms with van der Waals surface area (Å²) in [5, 5.41) is 26.3. The number of aliphatic imine (C=N–C) groups is 1. The van der Waals surface area contributed by atoms with E-state index in [1.54, 1.807) is 0 Å². The van der Waals surface area contributed by atoms with Crippen molar-refractivity contribution in [3.8, 4) is 0 Å². The van der Waals surface area contributed by atoms with Crippen LogP contribution in [0.3, 0.4) is 0 Å². The van der Waals surface area contributed by atoms with E-state index >= 15 is 0 Å². The van der Waals surface area contributed by atoms with Crippen LogP contribution in [0.2, 0.25) is 0 Å². The van der Waals surface area contributed by atoms with Crippen molar-refractivity contribution in [3.63, 3.8) is 0 Å². The van der Waals surface area contributed by atoms with Gasteiger partial charge in [0, 0.05) is 0 Å². The van der Waals surface area contributed by atoms with E-state index in [1.807, 2.05) is 0 Å². The van der Waals surface area contributed by atoms with Crippen molar-refractivity contribution >= 4 is 6.72 Å². The fourth-order valence-electron chi connectivity index (χ4n) is 0.462. The summed E-state index contributed by atoms with van der Waals surface area (Å²) < 4.78 is 0. The molecule has 0 saturated carbocycles.